The van der Waals surface area contributed by atoms with Crippen LogP contribution in [0.15, 0.2) is 24.3 Å². The number of fused-ring (bicyclic) bond motifs is 4. The maximum atomic E-state index is 14.3. The zero-order valence-electron chi connectivity index (χ0n) is 29.9. The SMILES string of the molecule is COc1ccc2cc1OCCn1nc(C)nc1[C@H](C(C)C)NC(=O)CN(C(=O)c1cc3c(nc1OC)CN(C1CCCC1)C3=O)CCCNC2=O. The predicted octanol–water partition coefficient (Wildman–Crippen LogP) is 3.07. The van der Waals surface area contributed by atoms with Crippen molar-refractivity contribution in [2.75, 3.05) is 40.5 Å². The first-order chi connectivity index (χ1) is 24.6. The highest BCUT2D eigenvalue weighted by atomic mass is 16.5. The Balaban J connectivity index is 1.31. The number of aryl methyl sites for hydroxylation is 1. The first-order valence-electron chi connectivity index (χ1n) is 17.6. The number of pyridine rings is 1. The molecule has 0 saturated heterocycles. The number of rotatable bonds is 5. The molecule has 2 aromatic heterocycles. The van der Waals surface area contributed by atoms with E-state index in [0.29, 0.717) is 59.5 Å². The minimum atomic E-state index is -0.526. The van der Waals surface area contributed by atoms with Crippen LogP contribution in [0.4, 0.5) is 0 Å². The third-order valence-corrected chi connectivity index (χ3v) is 9.63. The zero-order chi connectivity index (χ0) is 36.2. The van der Waals surface area contributed by atoms with E-state index in [0.717, 1.165) is 25.7 Å². The molecule has 2 aliphatic heterocycles. The lowest BCUT2D eigenvalue weighted by atomic mass is 10.0. The number of hydrogen-bond donors (Lipinski definition) is 2. The molecule has 1 fully saturated rings. The van der Waals surface area contributed by atoms with E-state index in [-0.39, 0.29) is 61.5 Å². The third kappa shape index (κ3) is 7.61. The summed E-state index contributed by atoms with van der Waals surface area (Å²) in [5, 5.41) is 10.5. The van der Waals surface area contributed by atoms with Crippen molar-refractivity contribution in [3.05, 3.63) is 58.3 Å². The summed E-state index contributed by atoms with van der Waals surface area (Å²) in [6.07, 6.45) is 4.38. The average molecular weight is 703 g/mol. The number of carbonyl (C=O) groups excluding carboxylic acids is 4. The third-order valence-electron chi connectivity index (χ3n) is 9.63. The molecule has 6 rings (SSSR count). The Morgan fingerprint density at radius 2 is 1.78 bits per heavy atom. The van der Waals surface area contributed by atoms with E-state index in [1.54, 1.807) is 35.9 Å². The molecule has 1 saturated carbocycles. The number of nitrogens with zero attached hydrogens (tertiary/aromatic N) is 6. The number of aromatic nitrogens is 4. The summed E-state index contributed by atoms with van der Waals surface area (Å²) < 4.78 is 18.8. The molecule has 0 spiro atoms. The fourth-order valence-electron chi connectivity index (χ4n) is 7.00. The fourth-order valence-corrected chi connectivity index (χ4v) is 7.00. The Morgan fingerprint density at radius 3 is 2.51 bits per heavy atom. The van der Waals surface area contributed by atoms with Crippen molar-refractivity contribution in [3.63, 3.8) is 0 Å². The Morgan fingerprint density at radius 1 is 1.00 bits per heavy atom. The second kappa shape index (κ2) is 15.4. The standard InChI is InChI=1S/C36H46N8O7/c1-21(2)31-32-38-22(3)41-44(32)15-16-51-29-17-23(11-12-28(29)49-4)33(46)37-13-8-14-42(20-30(45)40-31)35(47)26-18-25-27(39-34(26)50-5)19-43(36(25)48)24-9-6-7-10-24/h11-12,17-18,21,24,31H,6-10,13-16,19-20H2,1-5H3,(H,37,46)(H,40,45)/t31-/m0/s1. The van der Waals surface area contributed by atoms with Crippen LogP contribution < -0.4 is 24.8 Å². The molecular weight excluding hydrogens is 656 g/mol. The highest BCUT2D eigenvalue weighted by Crippen LogP contribution is 2.34. The smallest absolute Gasteiger partial charge is 0.259 e. The fraction of sp³-hybridized carbons (Fsp3) is 0.528. The molecule has 3 aromatic rings. The van der Waals surface area contributed by atoms with Crippen LogP contribution in [-0.2, 0) is 17.9 Å². The monoisotopic (exact) mass is 702 g/mol. The number of ether oxygens (including phenoxy) is 3. The summed E-state index contributed by atoms with van der Waals surface area (Å²) in [6.45, 7) is 6.63. The van der Waals surface area contributed by atoms with Crippen molar-refractivity contribution in [2.45, 2.75) is 78.0 Å². The van der Waals surface area contributed by atoms with Gasteiger partial charge in [0, 0.05) is 24.7 Å². The van der Waals surface area contributed by atoms with Crippen LogP contribution in [0.1, 0.15) is 100 Å². The van der Waals surface area contributed by atoms with Crippen LogP contribution in [0.25, 0.3) is 0 Å². The minimum Gasteiger partial charge on any atom is -0.493 e. The van der Waals surface area contributed by atoms with E-state index in [1.807, 2.05) is 18.7 Å². The van der Waals surface area contributed by atoms with Gasteiger partial charge in [-0.3, -0.25) is 19.2 Å². The van der Waals surface area contributed by atoms with E-state index in [1.165, 1.54) is 19.1 Å². The van der Waals surface area contributed by atoms with Crippen LogP contribution in [-0.4, -0.2) is 99.7 Å². The van der Waals surface area contributed by atoms with Crippen LogP contribution in [0.2, 0.25) is 0 Å². The lowest BCUT2D eigenvalue weighted by molar-refractivity contribution is -0.123. The second-order valence-corrected chi connectivity index (χ2v) is 13.5. The van der Waals surface area contributed by atoms with Crippen molar-refractivity contribution in [1.29, 1.82) is 0 Å². The van der Waals surface area contributed by atoms with Gasteiger partial charge in [0.05, 0.1) is 51.2 Å². The van der Waals surface area contributed by atoms with Gasteiger partial charge in [0.25, 0.3) is 17.7 Å². The summed E-state index contributed by atoms with van der Waals surface area (Å²) in [7, 11) is 2.96. The van der Waals surface area contributed by atoms with E-state index >= 15 is 0 Å². The summed E-state index contributed by atoms with van der Waals surface area (Å²) >= 11 is 0. The van der Waals surface area contributed by atoms with Gasteiger partial charge in [0.2, 0.25) is 11.8 Å². The molecule has 4 heterocycles. The highest BCUT2D eigenvalue weighted by molar-refractivity contribution is 6.04. The molecule has 15 heteroatoms. The number of methoxy groups -OCH3 is 2. The lowest BCUT2D eigenvalue weighted by Crippen LogP contribution is -2.44. The first kappa shape index (κ1) is 35.6. The van der Waals surface area contributed by atoms with Crippen LogP contribution >= 0.6 is 0 Å². The zero-order valence-corrected chi connectivity index (χ0v) is 29.9. The molecule has 4 amide bonds. The van der Waals surface area contributed by atoms with Crippen molar-refractivity contribution in [2.24, 2.45) is 5.92 Å². The summed E-state index contributed by atoms with van der Waals surface area (Å²) in [5.41, 5.74) is 1.42. The minimum absolute atomic E-state index is 0.0752. The van der Waals surface area contributed by atoms with E-state index < -0.39 is 17.9 Å². The quantitative estimate of drug-likeness (QED) is 0.403. The number of nitrogens with one attached hydrogen (secondary N) is 2. The second-order valence-electron chi connectivity index (χ2n) is 13.5. The summed E-state index contributed by atoms with van der Waals surface area (Å²) in [4.78, 5) is 67.3. The Kier molecular flexibility index (Phi) is 10.7. The predicted molar refractivity (Wildman–Crippen MR) is 185 cm³/mol. The molecule has 1 atom stereocenters. The largest absolute Gasteiger partial charge is 0.493 e. The maximum absolute atomic E-state index is 14.3. The molecule has 272 valence electrons. The molecule has 1 aromatic carbocycles. The molecule has 51 heavy (non-hydrogen) atoms. The average Bonchev–Trinajstić information content (AvgIpc) is 3.86. The highest BCUT2D eigenvalue weighted by Gasteiger charge is 2.37. The number of amides is 4. The van der Waals surface area contributed by atoms with Gasteiger partial charge in [-0.05, 0) is 56.4 Å². The Hall–Kier alpha value is -5.21. The summed E-state index contributed by atoms with van der Waals surface area (Å²) in [6, 6.07) is 6.13. The van der Waals surface area contributed by atoms with Crippen molar-refractivity contribution in [3.8, 4) is 17.4 Å². The molecular formula is C36H46N8O7. The topological polar surface area (TPSA) is 170 Å². The Bertz CT molecular complexity index is 1800. The Labute approximate surface area is 297 Å². The van der Waals surface area contributed by atoms with Crippen LogP contribution in [0.3, 0.4) is 0 Å². The van der Waals surface area contributed by atoms with Crippen molar-refractivity contribution < 1.29 is 33.4 Å². The number of benzene rings is 1. The van der Waals surface area contributed by atoms with E-state index in [4.69, 9.17) is 14.2 Å². The molecule has 0 unspecified atom stereocenters. The van der Waals surface area contributed by atoms with Crippen molar-refractivity contribution >= 4 is 23.6 Å². The van der Waals surface area contributed by atoms with Gasteiger partial charge in [0.1, 0.15) is 23.8 Å². The molecule has 2 bridgehead atoms. The van der Waals surface area contributed by atoms with E-state index in [2.05, 4.69) is 25.7 Å². The van der Waals surface area contributed by atoms with Gasteiger partial charge in [0.15, 0.2) is 11.5 Å². The van der Waals surface area contributed by atoms with Gasteiger partial charge < -0.3 is 34.6 Å². The van der Waals surface area contributed by atoms with Crippen LogP contribution in [0, 0.1) is 12.8 Å². The van der Waals surface area contributed by atoms with Gasteiger partial charge in [-0.2, -0.15) is 5.10 Å². The van der Waals surface area contributed by atoms with Gasteiger partial charge >= 0.3 is 0 Å². The van der Waals surface area contributed by atoms with Gasteiger partial charge in [-0.1, -0.05) is 26.7 Å². The molecule has 0 radical (unpaired) electrons. The lowest BCUT2D eigenvalue weighted by Gasteiger charge is -2.26. The number of carbonyl (C=O) groups is 4. The summed E-state index contributed by atoms with van der Waals surface area (Å²) in [5.74, 6) is 0.570. The van der Waals surface area contributed by atoms with E-state index in [9.17, 15) is 19.2 Å². The number of hydrogen-bond acceptors (Lipinski definition) is 10. The molecule has 3 aliphatic rings. The normalized spacial score (nSPS) is 19.1. The maximum Gasteiger partial charge on any atom is 0.259 e. The van der Waals surface area contributed by atoms with Gasteiger partial charge in [-0.25, -0.2) is 14.6 Å². The first-order valence-corrected chi connectivity index (χ1v) is 17.6. The van der Waals surface area contributed by atoms with Gasteiger partial charge in [-0.15, -0.1) is 0 Å². The molecule has 1 aliphatic carbocycles. The van der Waals surface area contributed by atoms with Crippen LogP contribution in [0.5, 0.6) is 17.4 Å². The van der Waals surface area contributed by atoms with Crippen molar-refractivity contribution in [1.82, 2.24) is 40.2 Å². The molecule has 2 N–H and O–H groups in total. The molecule has 15 nitrogen and oxygen atoms in total.